The van der Waals surface area contributed by atoms with Crippen molar-refractivity contribution < 1.29 is 26.8 Å². The Labute approximate surface area is 105 Å². The topological polar surface area (TPSA) is 37.3 Å². The van der Waals surface area contributed by atoms with Crippen molar-refractivity contribution in [1.82, 2.24) is 0 Å². The van der Waals surface area contributed by atoms with Crippen LogP contribution in [0.3, 0.4) is 0 Å². The van der Waals surface area contributed by atoms with Gasteiger partial charge in [-0.25, -0.2) is 0 Å². The molecule has 0 aromatic rings. The van der Waals surface area contributed by atoms with E-state index in [9.17, 15) is 9.90 Å². The summed E-state index contributed by atoms with van der Waals surface area (Å²) in [6, 6.07) is 0. The van der Waals surface area contributed by atoms with Gasteiger partial charge in [-0.1, -0.05) is 23.2 Å². The lowest BCUT2D eigenvalue weighted by atomic mass is 10.1. The van der Waals surface area contributed by atoms with Gasteiger partial charge in [0.2, 0.25) is 5.78 Å². The molecule has 3 nitrogen and oxygen atoms in total. The summed E-state index contributed by atoms with van der Waals surface area (Å²) in [6.45, 7) is 1.23. The van der Waals surface area contributed by atoms with Crippen LogP contribution < -0.4 is 12.4 Å². The number of aliphatic hydroxyl groups is 1. The third kappa shape index (κ3) is 2.87. The fourth-order valence-corrected chi connectivity index (χ4v) is 1.86. The van der Waals surface area contributed by atoms with Gasteiger partial charge < -0.3 is 22.0 Å². The first-order valence-corrected chi connectivity index (χ1v) is 4.69. The molecule has 0 bridgehead atoms. The maximum atomic E-state index is 11.3. The second-order valence-electron chi connectivity index (χ2n) is 3.73. The number of quaternary nitrogens is 1. The van der Waals surface area contributed by atoms with Gasteiger partial charge in [-0.3, -0.25) is 4.79 Å². The largest absolute Gasteiger partial charge is 1.00 e. The molecule has 86 valence electrons. The zero-order chi connectivity index (χ0) is 11.1. The van der Waals surface area contributed by atoms with E-state index in [-0.39, 0.29) is 16.9 Å². The number of alkyl halides is 3. The maximum absolute atomic E-state index is 11.3. The van der Waals surface area contributed by atoms with E-state index in [1.807, 2.05) is 0 Å². The van der Waals surface area contributed by atoms with E-state index in [0.717, 1.165) is 0 Å². The molecule has 0 aliphatic rings. The van der Waals surface area contributed by atoms with Crippen LogP contribution in [0.15, 0.2) is 0 Å². The summed E-state index contributed by atoms with van der Waals surface area (Å²) in [7, 11) is 4.85. The van der Waals surface area contributed by atoms with Gasteiger partial charge in [-0.05, 0) is 11.6 Å². The number of carbonyl (C=O) groups is 1. The van der Waals surface area contributed by atoms with Crippen LogP contribution in [-0.2, 0) is 4.79 Å². The molecule has 0 radical (unpaired) electrons. The molecule has 0 heterocycles. The molecule has 0 aliphatic carbocycles. The van der Waals surface area contributed by atoms with Crippen molar-refractivity contribution in [3.63, 3.8) is 0 Å². The normalized spacial score (nSPS) is 16.9. The molecular formula is C7H13Cl4NO2. The van der Waals surface area contributed by atoms with E-state index in [4.69, 9.17) is 34.8 Å². The SMILES string of the molecule is CC(=O)C(Cl)(C(O)(Cl)Cl)[N+](C)(C)C.[Cl-]. The Morgan fingerprint density at radius 3 is 1.50 bits per heavy atom. The number of Topliss-reactive ketones (excluding diaryl/α,β-unsaturated/α-hetero) is 1. The lowest BCUT2D eigenvalue weighted by Crippen LogP contribution is -3.00. The van der Waals surface area contributed by atoms with Crippen molar-refractivity contribution in [3.8, 4) is 0 Å². The Morgan fingerprint density at radius 1 is 1.21 bits per heavy atom. The average Bonchev–Trinajstić information content (AvgIpc) is 1.80. The fraction of sp³-hybridized carbons (Fsp3) is 0.857. The average molecular weight is 285 g/mol. The van der Waals surface area contributed by atoms with E-state index < -0.39 is 15.3 Å². The van der Waals surface area contributed by atoms with Gasteiger partial charge in [-0.2, -0.15) is 0 Å². The number of hydrogen-bond donors (Lipinski definition) is 1. The van der Waals surface area contributed by atoms with Crippen LogP contribution in [0.4, 0.5) is 0 Å². The Hall–Kier alpha value is 0.750. The van der Waals surface area contributed by atoms with Crippen molar-refractivity contribution in [3.05, 3.63) is 0 Å². The first-order chi connectivity index (χ1) is 5.44. The van der Waals surface area contributed by atoms with Gasteiger partial charge in [0.15, 0.2) is 0 Å². The molecule has 1 N–H and O–H groups in total. The summed E-state index contributed by atoms with van der Waals surface area (Å²) in [5.41, 5.74) is 0. The minimum Gasteiger partial charge on any atom is -1.00 e. The minimum absolute atomic E-state index is 0. The zero-order valence-electron chi connectivity index (χ0n) is 8.31. The highest BCUT2D eigenvalue weighted by Gasteiger charge is 2.61. The summed E-state index contributed by atoms with van der Waals surface area (Å²) < 4.78 is -2.38. The molecule has 0 rings (SSSR count). The Morgan fingerprint density at radius 2 is 1.50 bits per heavy atom. The summed E-state index contributed by atoms with van der Waals surface area (Å²) >= 11 is 16.9. The lowest BCUT2D eigenvalue weighted by molar-refractivity contribution is -0.901. The molecule has 0 spiro atoms. The van der Waals surface area contributed by atoms with Crippen molar-refractivity contribution in [2.24, 2.45) is 0 Å². The molecule has 0 aromatic heterocycles. The highest BCUT2D eigenvalue weighted by molar-refractivity contribution is 6.55. The first-order valence-electron chi connectivity index (χ1n) is 3.56. The molecule has 14 heavy (non-hydrogen) atoms. The number of rotatable bonds is 3. The van der Waals surface area contributed by atoms with Crippen molar-refractivity contribution >= 4 is 40.6 Å². The smallest absolute Gasteiger partial charge is 0.294 e. The number of halogens is 4. The number of hydrogen-bond acceptors (Lipinski definition) is 2. The highest BCUT2D eigenvalue weighted by atomic mass is 35.5. The fourth-order valence-electron chi connectivity index (χ4n) is 1.09. The standard InChI is InChI=1S/C7H13Cl3NO2.ClH/c1-5(12)6(8,7(9,10)13)11(2,3)4;/h13H,1-4H3;1H/q+1;/p-1. The van der Waals surface area contributed by atoms with Crippen LogP contribution in [0, 0.1) is 0 Å². The maximum Gasteiger partial charge on any atom is 0.294 e. The van der Waals surface area contributed by atoms with Gasteiger partial charge >= 0.3 is 0 Å². The summed E-state index contributed by atoms with van der Waals surface area (Å²) in [5.74, 6) is -0.492. The van der Waals surface area contributed by atoms with Crippen LogP contribution in [-0.4, -0.2) is 46.0 Å². The van der Waals surface area contributed by atoms with E-state index in [1.54, 1.807) is 21.1 Å². The third-order valence-corrected chi connectivity index (χ3v) is 3.58. The molecule has 0 saturated carbocycles. The molecule has 0 aliphatic heterocycles. The van der Waals surface area contributed by atoms with Gasteiger partial charge in [0, 0.05) is 6.92 Å². The van der Waals surface area contributed by atoms with E-state index in [1.165, 1.54) is 6.92 Å². The third-order valence-electron chi connectivity index (χ3n) is 1.79. The minimum atomic E-state index is -2.31. The molecule has 0 amide bonds. The van der Waals surface area contributed by atoms with E-state index in [0.29, 0.717) is 0 Å². The Bertz CT molecular complexity index is 205. The second-order valence-corrected chi connectivity index (χ2v) is 5.57. The summed E-state index contributed by atoms with van der Waals surface area (Å²) in [4.78, 5) is 9.51. The zero-order valence-corrected chi connectivity index (χ0v) is 11.3. The Balaban J connectivity index is 0. The van der Waals surface area contributed by atoms with Crippen LogP contribution in [0.25, 0.3) is 0 Å². The van der Waals surface area contributed by atoms with Gasteiger partial charge in [0.25, 0.3) is 9.52 Å². The molecule has 1 unspecified atom stereocenters. The molecule has 0 fully saturated rings. The van der Waals surface area contributed by atoms with Crippen LogP contribution in [0.2, 0.25) is 0 Å². The van der Waals surface area contributed by atoms with Crippen molar-refractivity contribution in [2.45, 2.75) is 16.4 Å². The number of carbonyl (C=O) groups excluding carboxylic acids is 1. The summed E-state index contributed by atoms with van der Waals surface area (Å²) in [5, 5.41) is 9.41. The van der Waals surface area contributed by atoms with Crippen LogP contribution in [0.5, 0.6) is 0 Å². The van der Waals surface area contributed by atoms with Gasteiger partial charge in [0.05, 0.1) is 21.1 Å². The predicted molar refractivity (Wildman–Crippen MR) is 54.0 cm³/mol. The van der Waals surface area contributed by atoms with Gasteiger partial charge in [-0.15, -0.1) is 0 Å². The summed E-state index contributed by atoms with van der Waals surface area (Å²) in [6.07, 6.45) is 0. The number of nitrogens with zero attached hydrogens (tertiary/aromatic N) is 1. The van der Waals surface area contributed by atoms with E-state index >= 15 is 0 Å². The molecule has 0 aromatic carbocycles. The molecule has 1 atom stereocenters. The van der Waals surface area contributed by atoms with Crippen molar-refractivity contribution in [1.29, 1.82) is 0 Å². The quantitative estimate of drug-likeness (QED) is 0.383. The van der Waals surface area contributed by atoms with Crippen LogP contribution in [0.1, 0.15) is 6.92 Å². The first kappa shape index (κ1) is 17.2. The molecule has 7 heteroatoms. The Kier molecular flexibility index (Phi) is 5.79. The van der Waals surface area contributed by atoms with E-state index in [2.05, 4.69) is 0 Å². The molecular weight excluding hydrogens is 272 g/mol. The van der Waals surface area contributed by atoms with Gasteiger partial charge in [0.1, 0.15) is 0 Å². The van der Waals surface area contributed by atoms with Crippen molar-refractivity contribution in [2.75, 3.05) is 21.1 Å². The van der Waals surface area contributed by atoms with Crippen LogP contribution >= 0.6 is 34.8 Å². The molecule has 0 saturated heterocycles. The second kappa shape index (κ2) is 4.73. The number of likely N-dealkylation sites (N-methyl/N-ethyl adjacent to an activating group) is 1. The predicted octanol–water partition coefficient (Wildman–Crippen LogP) is -1.66. The highest BCUT2D eigenvalue weighted by Crippen LogP contribution is 2.42. The lowest BCUT2D eigenvalue weighted by Gasteiger charge is -2.43. The number of ketones is 1. The monoisotopic (exact) mass is 283 g/mol.